The monoisotopic (exact) mass is 392 g/mol. The predicted octanol–water partition coefficient (Wildman–Crippen LogP) is 3.35. The second-order valence-corrected chi connectivity index (χ2v) is 7.04. The number of benzene rings is 1. The normalized spacial score (nSPS) is 18.7. The molecule has 0 aliphatic carbocycles. The highest BCUT2D eigenvalue weighted by Gasteiger charge is 2.48. The minimum Gasteiger partial charge on any atom is -0.465 e. The molecule has 7 heteroatoms. The van der Waals surface area contributed by atoms with Gasteiger partial charge in [0.05, 0.1) is 23.3 Å². The number of nitrogens with zero attached hydrogens (tertiary/aromatic N) is 4. The maximum atomic E-state index is 13.5. The summed E-state index contributed by atoms with van der Waals surface area (Å²) in [5.74, 6) is -1.26. The van der Waals surface area contributed by atoms with Crippen molar-refractivity contribution in [2.75, 3.05) is 18.1 Å². The van der Waals surface area contributed by atoms with Crippen LogP contribution >= 0.6 is 0 Å². The van der Waals surface area contributed by atoms with Crippen LogP contribution in [0.4, 0.5) is 5.95 Å². The van der Waals surface area contributed by atoms with Gasteiger partial charge < -0.3 is 4.74 Å². The van der Waals surface area contributed by atoms with E-state index in [0.717, 1.165) is 23.9 Å². The van der Waals surface area contributed by atoms with Gasteiger partial charge in [-0.3, -0.25) is 24.0 Å². The summed E-state index contributed by atoms with van der Waals surface area (Å²) in [4.78, 5) is 37.3. The summed E-state index contributed by atoms with van der Waals surface area (Å²) in [5.41, 5.74) is 2.28. The molecule has 1 aliphatic heterocycles. The first-order valence-corrected chi connectivity index (χ1v) is 10.0. The van der Waals surface area contributed by atoms with Crippen LogP contribution in [0, 0.1) is 5.92 Å². The standard InChI is InChI=1S/C22H24N4O3/c1-3-5-14-25-20(27)18(21(28)29-4-2)19(16-11-8-9-13-23-16)26-17-12-7-6-10-15(17)24-22(25)26/h6-13,18-19H,3-5,14H2,1-2H3. The van der Waals surface area contributed by atoms with Crippen molar-refractivity contribution in [1.29, 1.82) is 0 Å². The Hall–Kier alpha value is -3.22. The molecule has 4 rings (SSSR count). The topological polar surface area (TPSA) is 77.3 Å². The van der Waals surface area contributed by atoms with Gasteiger partial charge in [-0.2, -0.15) is 0 Å². The Morgan fingerprint density at radius 1 is 1.14 bits per heavy atom. The number of aromatic nitrogens is 3. The third kappa shape index (κ3) is 3.26. The molecule has 7 nitrogen and oxygen atoms in total. The van der Waals surface area contributed by atoms with E-state index in [1.54, 1.807) is 18.0 Å². The lowest BCUT2D eigenvalue weighted by molar-refractivity contribution is -0.153. The smallest absolute Gasteiger partial charge is 0.321 e. The van der Waals surface area contributed by atoms with Gasteiger partial charge in [0.2, 0.25) is 11.9 Å². The third-order valence-electron chi connectivity index (χ3n) is 5.21. The van der Waals surface area contributed by atoms with Crippen LogP contribution in [-0.2, 0) is 14.3 Å². The lowest BCUT2D eigenvalue weighted by Crippen LogP contribution is -2.50. The SMILES string of the molecule is CCCCN1C(=O)C(C(=O)OCC)C(c2ccccn2)n2c1nc1ccccc12. The Morgan fingerprint density at radius 3 is 2.66 bits per heavy atom. The fourth-order valence-electron chi connectivity index (χ4n) is 3.89. The Kier molecular flexibility index (Phi) is 5.29. The van der Waals surface area contributed by atoms with Crippen LogP contribution in [0.25, 0.3) is 11.0 Å². The summed E-state index contributed by atoms with van der Waals surface area (Å²) >= 11 is 0. The van der Waals surface area contributed by atoms with Gasteiger partial charge in [0.1, 0.15) is 6.04 Å². The maximum absolute atomic E-state index is 13.5. The average molecular weight is 392 g/mol. The number of esters is 1. The number of ether oxygens (including phenoxy) is 1. The minimum absolute atomic E-state index is 0.212. The molecule has 2 atom stereocenters. The van der Waals surface area contributed by atoms with Crippen molar-refractivity contribution in [3.8, 4) is 0 Å². The van der Waals surface area contributed by atoms with E-state index in [4.69, 9.17) is 9.72 Å². The van der Waals surface area contributed by atoms with Gasteiger partial charge in [-0.1, -0.05) is 31.5 Å². The number of carbonyl (C=O) groups is 2. The van der Waals surface area contributed by atoms with Crippen molar-refractivity contribution < 1.29 is 14.3 Å². The van der Waals surface area contributed by atoms with Crippen molar-refractivity contribution in [2.24, 2.45) is 5.92 Å². The van der Waals surface area contributed by atoms with Crippen LogP contribution in [0.1, 0.15) is 38.4 Å². The molecule has 1 aromatic carbocycles. The van der Waals surface area contributed by atoms with Gasteiger partial charge >= 0.3 is 5.97 Å². The summed E-state index contributed by atoms with van der Waals surface area (Å²) in [6, 6.07) is 12.6. The largest absolute Gasteiger partial charge is 0.465 e. The molecule has 2 unspecified atom stereocenters. The summed E-state index contributed by atoms with van der Waals surface area (Å²) in [7, 11) is 0. The van der Waals surface area contributed by atoms with Crippen LogP contribution in [0.5, 0.6) is 0 Å². The lowest BCUT2D eigenvalue weighted by Gasteiger charge is -2.37. The average Bonchev–Trinajstić information content (AvgIpc) is 3.12. The number of imidazole rings is 1. The van der Waals surface area contributed by atoms with Crippen LogP contribution in [0.15, 0.2) is 48.7 Å². The first kappa shape index (κ1) is 19.1. The highest BCUT2D eigenvalue weighted by molar-refractivity contribution is 6.08. The molecule has 0 saturated heterocycles. The Bertz CT molecular complexity index is 1030. The van der Waals surface area contributed by atoms with E-state index in [0.29, 0.717) is 18.2 Å². The molecule has 29 heavy (non-hydrogen) atoms. The van der Waals surface area contributed by atoms with Gasteiger partial charge in [0, 0.05) is 12.7 Å². The molecule has 0 saturated carbocycles. The second-order valence-electron chi connectivity index (χ2n) is 7.04. The number of amides is 1. The van der Waals surface area contributed by atoms with Crippen molar-refractivity contribution in [3.63, 3.8) is 0 Å². The van der Waals surface area contributed by atoms with Crippen molar-refractivity contribution in [2.45, 2.75) is 32.7 Å². The van der Waals surface area contributed by atoms with E-state index in [1.807, 2.05) is 47.0 Å². The number of fused-ring (bicyclic) bond motifs is 3. The third-order valence-corrected chi connectivity index (χ3v) is 5.21. The number of rotatable bonds is 6. The molecule has 1 amide bonds. The number of hydrogen-bond acceptors (Lipinski definition) is 5. The van der Waals surface area contributed by atoms with E-state index in [1.165, 1.54) is 0 Å². The molecule has 1 aliphatic rings. The molecule has 0 N–H and O–H groups in total. The lowest BCUT2D eigenvalue weighted by atomic mass is 9.92. The van der Waals surface area contributed by atoms with E-state index in [-0.39, 0.29) is 12.5 Å². The van der Waals surface area contributed by atoms with E-state index in [2.05, 4.69) is 11.9 Å². The zero-order valence-corrected chi connectivity index (χ0v) is 16.6. The fraction of sp³-hybridized carbons (Fsp3) is 0.364. The zero-order valence-electron chi connectivity index (χ0n) is 16.6. The van der Waals surface area contributed by atoms with Crippen LogP contribution < -0.4 is 4.90 Å². The molecule has 3 heterocycles. The molecule has 0 spiro atoms. The molecular weight excluding hydrogens is 368 g/mol. The summed E-state index contributed by atoms with van der Waals surface area (Å²) in [5, 5.41) is 0. The molecule has 150 valence electrons. The number of para-hydroxylation sites is 2. The van der Waals surface area contributed by atoms with E-state index < -0.39 is 17.9 Å². The van der Waals surface area contributed by atoms with Crippen molar-refractivity contribution >= 4 is 28.9 Å². The van der Waals surface area contributed by atoms with Gasteiger partial charge in [0.25, 0.3) is 0 Å². The van der Waals surface area contributed by atoms with Gasteiger partial charge in [0.15, 0.2) is 5.92 Å². The number of pyridine rings is 1. The van der Waals surface area contributed by atoms with E-state index >= 15 is 0 Å². The second kappa shape index (κ2) is 8.03. The molecule has 3 aromatic rings. The van der Waals surface area contributed by atoms with Gasteiger partial charge in [-0.25, -0.2) is 4.98 Å². The summed E-state index contributed by atoms with van der Waals surface area (Å²) in [6.07, 6.45) is 3.42. The van der Waals surface area contributed by atoms with Gasteiger partial charge in [-0.15, -0.1) is 0 Å². The van der Waals surface area contributed by atoms with Crippen LogP contribution in [-0.4, -0.2) is 39.6 Å². The zero-order chi connectivity index (χ0) is 20.4. The highest BCUT2D eigenvalue weighted by Crippen LogP contribution is 2.40. The summed E-state index contributed by atoms with van der Waals surface area (Å²) in [6.45, 7) is 4.53. The van der Waals surface area contributed by atoms with Crippen molar-refractivity contribution in [3.05, 3.63) is 54.4 Å². The highest BCUT2D eigenvalue weighted by atomic mass is 16.5. The number of hydrogen-bond donors (Lipinski definition) is 0. The van der Waals surface area contributed by atoms with Crippen molar-refractivity contribution in [1.82, 2.24) is 14.5 Å². The minimum atomic E-state index is -1.01. The quantitative estimate of drug-likeness (QED) is 0.475. The molecular formula is C22H24N4O3. The van der Waals surface area contributed by atoms with E-state index in [9.17, 15) is 9.59 Å². The Balaban J connectivity index is 1.97. The fourth-order valence-corrected chi connectivity index (χ4v) is 3.89. The number of anilines is 1. The summed E-state index contributed by atoms with van der Waals surface area (Å²) < 4.78 is 7.28. The first-order chi connectivity index (χ1) is 14.2. The van der Waals surface area contributed by atoms with Gasteiger partial charge in [-0.05, 0) is 37.6 Å². The van der Waals surface area contributed by atoms with Crippen LogP contribution in [0.2, 0.25) is 0 Å². The number of carbonyl (C=O) groups excluding carboxylic acids is 2. The Labute approximate surface area is 169 Å². The Morgan fingerprint density at radius 2 is 1.93 bits per heavy atom. The van der Waals surface area contributed by atoms with Crippen LogP contribution in [0.3, 0.4) is 0 Å². The maximum Gasteiger partial charge on any atom is 0.321 e. The predicted molar refractivity (Wildman–Crippen MR) is 109 cm³/mol. The molecule has 2 aromatic heterocycles. The molecule has 0 bridgehead atoms. The first-order valence-electron chi connectivity index (χ1n) is 10.0. The molecule has 0 radical (unpaired) electrons. The number of unbranched alkanes of at least 4 members (excludes halogenated alkanes) is 1. The molecule has 0 fully saturated rings.